The Hall–Kier alpha value is -0.690. The number of hydrogen-bond acceptors (Lipinski definition) is 3. The largest absolute Gasteiger partial charge is 0.381 e. The van der Waals surface area contributed by atoms with E-state index < -0.39 is 15.8 Å². The summed E-state index contributed by atoms with van der Waals surface area (Å²) in [6.07, 6.45) is 1.70. The number of benzene rings is 1. The van der Waals surface area contributed by atoms with E-state index in [1.54, 1.807) is 0 Å². The fourth-order valence-electron chi connectivity index (χ4n) is 2.21. The molecule has 1 aromatic rings. The number of ether oxygens (including phenoxy) is 1. The van der Waals surface area contributed by atoms with Crippen LogP contribution in [0.25, 0.3) is 0 Å². The van der Waals surface area contributed by atoms with E-state index in [1.165, 1.54) is 17.4 Å². The summed E-state index contributed by atoms with van der Waals surface area (Å²) in [5.74, 6) is -0.336. The number of rotatable bonds is 4. The molecule has 0 atom stereocenters. The second-order valence-electron chi connectivity index (χ2n) is 4.92. The predicted octanol–water partition coefficient (Wildman–Crippen LogP) is 2.53. The molecular weight excluding hydrogens is 305 g/mol. The Labute approximate surface area is 123 Å². The molecule has 1 aromatic carbocycles. The minimum absolute atomic E-state index is 0.0125. The molecule has 1 aliphatic rings. The highest BCUT2D eigenvalue weighted by Crippen LogP contribution is 2.23. The van der Waals surface area contributed by atoms with Crippen LogP contribution >= 0.6 is 11.6 Å². The second-order valence-corrected chi connectivity index (χ2v) is 7.37. The Bertz CT molecular complexity index is 573. The lowest BCUT2D eigenvalue weighted by Gasteiger charge is -2.26. The van der Waals surface area contributed by atoms with Gasteiger partial charge in [0.05, 0.1) is 9.92 Å². The minimum Gasteiger partial charge on any atom is -0.381 e. The Morgan fingerprint density at radius 3 is 2.65 bits per heavy atom. The molecule has 0 radical (unpaired) electrons. The van der Waals surface area contributed by atoms with Gasteiger partial charge in [-0.15, -0.1) is 0 Å². The highest BCUT2D eigenvalue weighted by molar-refractivity contribution is 7.89. The van der Waals surface area contributed by atoms with Gasteiger partial charge in [0.25, 0.3) is 0 Å². The second kappa shape index (κ2) is 6.39. The molecule has 20 heavy (non-hydrogen) atoms. The van der Waals surface area contributed by atoms with Crippen molar-refractivity contribution in [3.8, 4) is 0 Å². The van der Waals surface area contributed by atoms with E-state index in [1.807, 2.05) is 0 Å². The summed E-state index contributed by atoms with van der Waals surface area (Å²) in [7, 11) is -2.11. The first-order valence-electron chi connectivity index (χ1n) is 6.40. The van der Waals surface area contributed by atoms with E-state index in [4.69, 9.17) is 16.3 Å². The third-order valence-corrected chi connectivity index (χ3v) is 5.56. The molecule has 0 unspecified atom stereocenters. The maximum Gasteiger partial charge on any atom is 0.242 e. The molecule has 1 aliphatic heterocycles. The number of halogens is 2. The molecule has 112 valence electrons. The van der Waals surface area contributed by atoms with Crippen LogP contribution in [0.3, 0.4) is 0 Å². The normalized spacial score (nSPS) is 17.6. The van der Waals surface area contributed by atoms with Crippen molar-refractivity contribution in [1.82, 2.24) is 4.31 Å². The van der Waals surface area contributed by atoms with Gasteiger partial charge in [-0.2, -0.15) is 0 Å². The summed E-state index contributed by atoms with van der Waals surface area (Å²) < 4.78 is 44.4. The topological polar surface area (TPSA) is 46.6 Å². The third kappa shape index (κ3) is 3.49. The molecule has 0 N–H and O–H groups in total. The molecule has 0 amide bonds. The van der Waals surface area contributed by atoms with Crippen LogP contribution < -0.4 is 0 Å². The zero-order valence-corrected chi connectivity index (χ0v) is 12.8. The van der Waals surface area contributed by atoms with E-state index in [0.717, 1.165) is 25.0 Å². The fraction of sp³-hybridized carbons (Fsp3) is 0.538. The van der Waals surface area contributed by atoms with Gasteiger partial charge in [0.15, 0.2) is 0 Å². The van der Waals surface area contributed by atoms with Crippen molar-refractivity contribution in [3.63, 3.8) is 0 Å². The molecule has 1 heterocycles. The van der Waals surface area contributed by atoms with Gasteiger partial charge in [0.2, 0.25) is 10.0 Å². The molecule has 4 nitrogen and oxygen atoms in total. The van der Waals surface area contributed by atoms with Gasteiger partial charge in [-0.1, -0.05) is 11.6 Å². The maximum absolute atomic E-state index is 13.1. The van der Waals surface area contributed by atoms with Crippen LogP contribution in [0.15, 0.2) is 23.1 Å². The lowest BCUT2D eigenvalue weighted by Crippen LogP contribution is -2.34. The molecule has 0 saturated carbocycles. The molecule has 0 bridgehead atoms. The van der Waals surface area contributed by atoms with E-state index in [9.17, 15) is 12.8 Å². The van der Waals surface area contributed by atoms with Gasteiger partial charge in [-0.05, 0) is 37.0 Å². The van der Waals surface area contributed by atoms with Crippen LogP contribution in [-0.2, 0) is 14.8 Å². The van der Waals surface area contributed by atoms with Crippen LogP contribution in [0.5, 0.6) is 0 Å². The van der Waals surface area contributed by atoms with Crippen molar-refractivity contribution in [3.05, 3.63) is 29.0 Å². The zero-order chi connectivity index (χ0) is 14.8. The molecule has 2 rings (SSSR count). The average molecular weight is 322 g/mol. The Morgan fingerprint density at radius 2 is 2.05 bits per heavy atom. The summed E-state index contributed by atoms with van der Waals surface area (Å²) in [6.45, 7) is 1.77. The molecule has 0 aliphatic carbocycles. The first-order valence-corrected chi connectivity index (χ1v) is 8.22. The van der Waals surface area contributed by atoms with E-state index >= 15 is 0 Å². The summed E-state index contributed by atoms with van der Waals surface area (Å²) in [5, 5.41) is -0.189. The van der Waals surface area contributed by atoms with Gasteiger partial charge in [-0.25, -0.2) is 17.1 Å². The van der Waals surface area contributed by atoms with Crippen molar-refractivity contribution >= 4 is 21.6 Å². The van der Waals surface area contributed by atoms with E-state index in [2.05, 4.69) is 0 Å². The average Bonchev–Trinajstić information content (AvgIpc) is 2.42. The summed E-state index contributed by atoms with van der Waals surface area (Å²) in [5.41, 5.74) is 0. The smallest absolute Gasteiger partial charge is 0.242 e. The minimum atomic E-state index is -3.64. The number of sulfonamides is 1. The first kappa shape index (κ1) is 15.7. The van der Waals surface area contributed by atoms with Crippen molar-refractivity contribution < 1.29 is 17.5 Å². The predicted molar refractivity (Wildman–Crippen MR) is 74.8 cm³/mol. The van der Waals surface area contributed by atoms with Crippen molar-refractivity contribution in [2.45, 2.75) is 17.7 Å². The Kier molecular flexibility index (Phi) is 5.01. The molecule has 0 spiro atoms. The van der Waals surface area contributed by atoms with Gasteiger partial charge in [0.1, 0.15) is 5.82 Å². The monoisotopic (exact) mass is 321 g/mol. The van der Waals surface area contributed by atoms with E-state index in [-0.39, 0.29) is 9.92 Å². The number of nitrogens with zero attached hydrogens (tertiary/aromatic N) is 1. The van der Waals surface area contributed by atoms with Crippen molar-refractivity contribution in [2.75, 3.05) is 26.8 Å². The van der Waals surface area contributed by atoms with Crippen molar-refractivity contribution in [2.24, 2.45) is 5.92 Å². The highest BCUT2D eigenvalue weighted by Gasteiger charge is 2.25. The fourth-order valence-corrected chi connectivity index (χ4v) is 3.73. The van der Waals surface area contributed by atoms with Crippen LogP contribution in [0.4, 0.5) is 4.39 Å². The lowest BCUT2D eigenvalue weighted by atomic mass is 10.0. The first-order chi connectivity index (χ1) is 9.41. The van der Waals surface area contributed by atoms with Gasteiger partial charge in [0, 0.05) is 26.8 Å². The Balaban J connectivity index is 2.13. The van der Waals surface area contributed by atoms with Crippen LogP contribution in [0, 0.1) is 11.7 Å². The Morgan fingerprint density at radius 1 is 1.40 bits per heavy atom. The summed E-state index contributed by atoms with van der Waals surface area (Å²) >= 11 is 5.64. The highest BCUT2D eigenvalue weighted by atomic mass is 35.5. The molecule has 0 aromatic heterocycles. The lowest BCUT2D eigenvalue weighted by molar-refractivity contribution is 0.0620. The van der Waals surface area contributed by atoms with Crippen molar-refractivity contribution in [1.29, 1.82) is 0 Å². The molecule has 1 saturated heterocycles. The van der Waals surface area contributed by atoms with Gasteiger partial charge in [-0.3, -0.25) is 0 Å². The SMILES string of the molecule is CN(CC1CCOCC1)S(=O)(=O)c1ccc(F)c(Cl)c1. The quantitative estimate of drug-likeness (QED) is 0.856. The summed E-state index contributed by atoms with van der Waals surface area (Å²) in [4.78, 5) is 0.0125. The molecule has 7 heteroatoms. The zero-order valence-electron chi connectivity index (χ0n) is 11.2. The van der Waals surface area contributed by atoms with Crippen LogP contribution in [0.1, 0.15) is 12.8 Å². The third-order valence-electron chi connectivity index (χ3n) is 3.46. The van der Waals surface area contributed by atoms with Crippen LogP contribution in [0.2, 0.25) is 5.02 Å². The van der Waals surface area contributed by atoms with Gasteiger partial charge >= 0.3 is 0 Å². The maximum atomic E-state index is 13.1. The van der Waals surface area contributed by atoms with Gasteiger partial charge < -0.3 is 4.74 Å². The molecular formula is C13H17ClFNO3S. The molecule has 1 fully saturated rings. The number of hydrogen-bond donors (Lipinski definition) is 0. The standard InChI is InChI=1S/C13H17ClFNO3S/c1-16(9-10-4-6-19-7-5-10)20(17,18)11-2-3-13(15)12(14)8-11/h2-3,8,10H,4-7,9H2,1H3. The summed E-state index contributed by atoms with van der Waals surface area (Å²) in [6, 6.07) is 3.45. The van der Waals surface area contributed by atoms with Crippen LogP contribution in [-0.4, -0.2) is 39.5 Å². The van der Waals surface area contributed by atoms with E-state index in [0.29, 0.717) is 25.7 Å².